The van der Waals surface area contributed by atoms with Gasteiger partial charge in [-0.25, -0.2) is 0 Å². The van der Waals surface area contributed by atoms with Gasteiger partial charge in [0.15, 0.2) is 0 Å². The topological polar surface area (TPSA) is 94.1 Å². The number of quaternary nitrogens is 1. The Morgan fingerprint density at radius 2 is 1.31 bits per heavy atom. The molecule has 2 atom stereocenters. The number of phosphoric acid groups is 1. The van der Waals surface area contributed by atoms with Crippen molar-refractivity contribution < 1.29 is 37.3 Å². The number of ether oxygens (including phenoxy) is 2. The molecule has 0 aromatic heterocycles. The molecule has 0 rings (SSSR count). The van der Waals surface area contributed by atoms with Crippen LogP contribution in [0.5, 0.6) is 0 Å². The number of esters is 1. The number of carbonyl (C=O) groups excluding carboxylic acids is 1. The van der Waals surface area contributed by atoms with Crippen molar-refractivity contribution in [2.24, 2.45) is 0 Å². The summed E-state index contributed by atoms with van der Waals surface area (Å²) in [6, 6.07) is 0. The molecule has 0 spiro atoms. The molecule has 0 fully saturated rings. The van der Waals surface area contributed by atoms with Crippen molar-refractivity contribution in [3.63, 3.8) is 0 Å². The lowest BCUT2D eigenvalue weighted by Crippen LogP contribution is -2.37. The highest BCUT2D eigenvalue weighted by molar-refractivity contribution is 7.45. The number of hydrogen-bond acceptors (Lipinski definition) is 7. The van der Waals surface area contributed by atoms with Crippen LogP contribution in [0.25, 0.3) is 0 Å². The molecular weight excluding hydrogens is 553 g/mol. The van der Waals surface area contributed by atoms with Crippen LogP contribution in [0.15, 0.2) is 24.3 Å². The van der Waals surface area contributed by atoms with Gasteiger partial charge in [-0.15, -0.1) is 0 Å². The minimum Gasteiger partial charge on any atom is -0.756 e. The van der Waals surface area contributed by atoms with Crippen molar-refractivity contribution in [2.45, 2.75) is 129 Å². The number of likely N-dealkylation sites (N-methyl/N-ethyl adjacent to an activating group) is 1. The SMILES string of the molecule is CCCCCC/C=C\C/C=C\CCCCCCCCOCC(COP(=O)([O-])OCC[N+](C)(C)C)OC(=O)CCCCC. The molecule has 0 saturated heterocycles. The van der Waals surface area contributed by atoms with E-state index < -0.39 is 13.9 Å². The normalized spacial score (nSPS) is 14.5. The maximum absolute atomic E-state index is 12.2. The number of nitrogens with zero attached hydrogens (tertiary/aromatic N) is 1. The number of carbonyl (C=O) groups is 1. The number of phosphoric ester groups is 1. The van der Waals surface area contributed by atoms with Crippen LogP contribution in [-0.4, -0.2) is 70.7 Å². The minimum absolute atomic E-state index is 0.0237. The summed E-state index contributed by atoms with van der Waals surface area (Å²) in [4.78, 5) is 24.4. The lowest BCUT2D eigenvalue weighted by molar-refractivity contribution is -0.870. The molecule has 0 bridgehead atoms. The van der Waals surface area contributed by atoms with Gasteiger partial charge < -0.3 is 27.9 Å². The maximum Gasteiger partial charge on any atom is 0.306 e. The van der Waals surface area contributed by atoms with Gasteiger partial charge in [-0.2, -0.15) is 0 Å². The third kappa shape index (κ3) is 30.4. The first kappa shape index (κ1) is 41.0. The molecule has 0 aromatic carbocycles. The van der Waals surface area contributed by atoms with Gasteiger partial charge in [0.25, 0.3) is 7.82 Å². The van der Waals surface area contributed by atoms with Gasteiger partial charge >= 0.3 is 5.97 Å². The highest BCUT2D eigenvalue weighted by Crippen LogP contribution is 2.38. The van der Waals surface area contributed by atoms with Crippen molar-refractivity contribution >= 4 is 13.8 Å². The summed E-state index contributed by atoms with van der Waals surface area (Å²) in [5.41, 5.74) is 0. The number of unbranched alkanes of at least 4 members (excludes halogenated alkanes) is 12. The van der Waals surface area contributed by atoms with Crippen molar-refractivity contribution in [1.82, 2.24) is 0 Å². The van der Waals surface area contributed by atoms with Crippen LogP contribution >= 0.6 is 7.82 Å². The fourth-order valence-electron chi connectivity index (χ4n) is 4.10. The molecule has 248 valence electrons. The van der Waals surface area contributed by atoms with Gasteiger partial charge in [-0.05, 0) is 44.9 Å². The first-order chi connectivity index (χ1) is 20.1. The summed E-state index contributed by atoms with van der Waals surface area (Å²) in [5, 5.41) is 0. The van der Waals surface area contributed by atoms with Crippen LogP contribution in [0, 0.1) is 0 Å². The van der Waals surface area contributed by atoms with Crippen LogP contribution in [0.3, 0.4) is 0 Å². The zero-order valence-corrected chi connectivity index (χ0v) is 28.6. The molecule has 0 radical (unpaired) electrons. The third-order valence-corrected chi connectivity index (χ3v) is 7.72. The van der Waals surface area contributed by atoms with E-state index in [1.165, 1.54) is 51.4 Å². The zero-order chi connectivity index (χ0) is 31.4. The predicted molar refractivity (Wildman–Crippen MR) is 171 cm³/mol. The number of allylic oxidation sites excluding steroid dienone is 4. The van der Waals surface area contributed by atoms with Gasteiger partial charge in [-0.1, -0.05) is 95.9 Å². The van der Waals surface area contributed by atoms with Gasteiger partial charge in [0.2, 0.25) is 0 Å². The number of hydrogen-bond donors (Lipinski definition) is 0. The third-order valence-electron chi connectivity index (χ3n) is 6.76. The second-order valence-corrected chi connectivity index (χ2v) is 13.6. The van der Waals surface area contributed by atoms with Crippen molar-refractivity contribution in [3.05, 3.63) is 24.3 Å². The molecule has 0 aromatic rings. The lowest BCUT2D eigenvalue weighted by atomic mass is 10.1. The fraction of sp³-hybridized carbons (Fsp3) is 0.848. The van der Waals surface area contributed by atoms with Gasteiger partial charge in [0.05, 0.1) is 34.4 Å². The standard InChI is InChI=1S/C33H64NO7P/c1-6-8-10-11-12-13-14-15-16-17-18-19-20-21-22-23-25-28-38-30-32(41-33(35)26-24-9-7-2)31-40-42(36,37)39-29-27-34(3,4)5/h13-14,16-17,32H,6-12,15,18-31H2,1-5H3/b14-13-,17-16-. The first-order valence-electron chi connectivity index (χ1n) is 16.6. The molecule has 0 aliphatic carbocycles. The quantitative estimate of drug-likeness (QED) is 0.0266. The first-order valence-corrected chi connectivity index (χ1v) is 18.0. The Morgan fingerprint density at radius 1 is 0.738 bits per heavy atom. The van der Waals surface area contributed by atoms with Crippen molar-refractivity contribution in [3.8, 4) is 0 Å². The van der Waals surface area contributed by atoms with E-state index >= 15 is 0 Å². The van der Waals surface area contributed by atoms with Crippen molar-refractivity contribution in [2.75, 3.05) is 54.1 Å². The summed E-state index contributed by atoms with van der Waals surface area (Å²) in [6.07, 6.45) is 26.9. The van der Waals surface area contributed by atoms with E-state index in [1.54, 1.807) is 0 Å². The van der Waals surface area contributed by atoms with Gasteiger partial charge in [0, 0.05) is 13.0 Å². The summed E-state index contributed by atoms with van der Waals surface area (Å²) in [5.74, 6) is -0.364. The largest absolute Gasteiger partial charge is 0.756 e. The summed E-state index contributed by atoms with van der Waals surface area (Å²) < 4.78 is 33.9. The lowest BCUT2D eigenvalue weighted by Gasteiger charge is -2.28. The van der Waals surface area contributed by atoms with Crippen LogP contribution in [0.4, 0.5) is 0 Å². The van der Waals surface area contributed by atoms with Crippen LogP contribution in [0.2, 0.25) is 0 Å². The molecule has 8 nitrogen and oxygen atoms in total. The van der Waals surface area contributed by atoms with E-state index in [-0.39, 0.29) is 25.8 Å². The Balaban J connectivity index is 4.09. The summed E-state index contributed by atoms with van der Waals surface area (Å²) in [6.45, 7) is 5.17. The Hall–Kier alpha value is -1.02. The van der Waals surface area contributed by atoms with Gasteiger partial charge in [-0.3, -0.25) is 9.36 Å². The van der Waals surface area contributed by atoms with E-state index in [1.807, 2.05) is 21.1 Å². The molecule has 9 heteroatoms. The van der Waals surface area contributed by atoms with E-state index in [4.69, 9.17) is 18.5 Å². The Bertz CT molecular complexity index is 736. The van der Waals surface area contributed by atoms with E-state index in [0.717, 1.165) is 51.4 Å². The molecule has 0 saturated carbocycles. The van der Waals surface area contributed by atoms with Gasteiger partial charge in [0.1, 0.15) is 19.3 Å². The average Bonchev–Trinajstić information content (AvgIpc) is 2.92. The second-order valence-electron chi connectivity index (χ2n) is 12.2. The van der Waals surface area contributed by atoms with Crippen LogP contribution < -0.4 is 4.89 Å². The Labute approximate surface area is 258 Å². The molecule has 0 aliphatic rings. The Kier molecular flexibility index (Phi) is 26.9. The average molecular weight is 618 g/mol. The maximum atomic E-state index is 12.2. The molecule has 0 aliphatic heterocycles. The molecule has 0 N–H and O–H groups in total. The van der Waals surface area contributed by atoms with Crippen molar-refractivity contribution in [1.29, 1.82) is 0 Å². The molecule has 0 amide bonds. The predicted octanol–water partition coefficient (Wildman–Crippen LogP) is 7.91. The fourth-order valence-corrected chi connectivity index (χ4v) is 4.83. The second kappa shape index (κ2) is 27.5. The minimum atomic E-state index is -4.50. The zero-order valence-electron chi connectivity index (χ0n) is 27.7. The molecule has 2 unspecified atom stereocenters. The summed E-state index contributed by atoms with van der Waals surface area (Å²) in [7, 11) is 1.34. The van der Waals surface area contributed by atoms with Crippen LogP contribution in [-0.2, 0) is 27.9 Å². The van der Waals surface area contributed by atoms with E-state index in [2.05, 4.69) is 38.2 Å². The molecular formula is C33H64NO7P. The van der Waals surface area contributed by atoms with E-state index in [9.17, 15) is 14.3 Å². The summed E-state index contributed by atoms with van der Waals surface area (Å²) >= 11 is 0. The highest BCUT2D eigenvalue weighted by atomic mass is 31.2. The molecule has 0 heterocycles. The Morgan fingerprint density at radius 3 is 1.93 bits per heavy atom. The monoisotopic (exact) mass is 617 g/mol. The van der Waals surface area contributed by atoms with Crippen LogP contribution in [0.1, 0.15) is 123 Å². The smallest absolute Gasteiger partial charge is 0.306 e. The highest BCUT2D eigenvalue weighted by Gasteiger charge is 2.20. The molecule has 42 heavy (non-hydrogen) atoms. The van der Waals surface area contributed by atoms with E-state index in [0.29, 0.717) is 24.1 Å². The number of rotatable bonds is 30.